The highest BCUT2D eigenvalue weighted by Crippen LogP contribution is 2.31. The monoisotopic (exact) mass is 278 g/mol. The van der Waals surface area contributed by atoms with Gasteiger partial charge in [-0.05, 0) is 30.9 Å². The van der Waals surface area contributed by atoms with Crippen LogP contribution >= 0.6 is 0 Å². The molecule has 1 aromatic carbocycles. The molecule has 3 nitrogen and oxygen atoms in total. The number of ether oxygens (including phenoxy) is 1. The lowest BCUT2D eigenvalue weighted by Gasteiger charge is -2.26. The highest BCUT2D eigenvalue weighted by atomic mass is 16.5. The van der Waals surface area contributed by atoms with Gasteiger partial charge >= 0.3 is 0 Å². The molecule has 0 unspecified atom stereocenters. The van der Waals surface area contributed by atoms with Crippen molar-refractivity contribution in [1.82, 2.24) is 0 Å². The molecule has 0 heterocycles. The van der Waals surface area contributed by atoms with E-state index >= 15 is 0 Å². The quantitative estimate of drug-likeness (QED) is 0.509. The molecule has 114 valence electrons. The van der Waals surface area contributed by atoms with Crippen LogP contribution in [-0.2, 0) is 0 Å². The lowest BCUT2D eigenvalue weighted by atomic mass is 9.87. The van der Waals surface area contributed by atoms with E-state index in [1.807, 2.05) is 25.1 Å². The van der Waals surface area contributed by atoms with Gasteiger partial charge in [0.15, 0.2) is 0 Å². The number of para-hydroxylation sites is 1. The maximum Gasteiger partial charge on any atom is 0.144 e. The highest BCUT2D eigenvalue weighted by Gasteiger charge is 2.17. The highest BCUT2D eigenvalue weighted by molar-refractivity contribution is 5.72. The third kappa shape index (κ3) is 5.32. The van der Waals surface area contributed by atoms with Gasteiger partial charge in [-0.15, -0.1) is 0 Å². The Balaban J connectivity index is 2.58. The number of nitrogen functional groups attached to an aromatic ring is 1. The van der Waals surface area contributed by atoms with Gasteiger partial charge in [0.05, 0.1) is 18.0 Å². The lowest BCUT2D eigenvalue weighted by Crippen LogP contribution is -2.23. The van der Waals surface area contributed by atoms with E-state index in [1.54, 1.807) is 0 Å². The summed E-state index contributed by atoms with van der Waals surface area (Å²) >= 11 is 0. The zero-order valence-electron chi connectivity index (χ0n) is 13.5. The summed E-state index contributed by atoms with van der Waals surface area (Å²) in [6.07, 6.45) is 5.11. The van der Waals surface area contributed by atoms with Crippen molar-refractivity contribution in [1.29, 1.82) is 0 Å². The summed E-state index contributed by atoms with van der Waals surface area (Å²) < 4.78 is 5.52. The van der Waals surface area contributed by atoms with Gasteiger partial charge in [-0.2, -0.15) is 0 Å². The maximum atomic E-state index is 6.13. The lowest BCUT2D eigenvalue weighted by molar-refractivity contribution is 0.340. The van der Waals surface area contributed by atoms with Crippen LogP contribution in [0.15, 0.2) is 18.2 Å². The molecule has 3 heteroatoms. The third-order valence-electron chi connectivity index (χ3n) is 3.58. The molecule has 1 rings (SSSR count). The van der Waals surface area contributed by atoms with Crippen LogP contribution in [0.25, 0.3) is 0 Å². The summed E-state index contributed by atoms with van der Waals surface area (Å²) in [6, 6.07) is 5.91. The summed E-state index contributed by atoms with van der Waals surface area (Å²) in [7, 11) is 0. The Morgan fingerprint density at radius 1 is 1.20 bits per heavy atom. The fraction of sp³-hybridized carbons (Fsp3) is 0.647. The van der Waals surface area contributed by atoms with Crippen molar-refractivity contribution >= 4 is 11.4 Å². The number of nitrogens with one attached hydrogen (secondary N) is 1. The molecule has 1 aromatic rings. The number of benzene rings is 1. The van der Waals surface area contributed by atoms with E-state index in [0.29, 0.717) is 12.3 Å². The first-order chi connectivity index (χ1) is 9.50. The molecule has 0 spiro atoms. The topological polar surface area (TPSA) is 47.3 Å². The van der Waals surface area contributed by atoms with Crippen molar-refractivity contribution in [2.24, 2.45) is 5.41 Å². The van der Waals surface area contributed by atoms with Gasteiger partial charge in [0.2, 0.25) is 0 Å². The number of rotatable bonds is 9. The second-order valence-corrected chi connectivity index (χ2v) is 6.13. The molecule has 0 bridgehead atoms. The van der Waals surface area contributed by atoms with Crippen LogP contribution < -0.4 is 15.8 Å². The second kappa shape index (κ2) is 8.03. The van der Waals surface area contributed by atoms with Gasteiger partial charge in [-0.3, -0.25) is 0 Å². The molecule has 3 N–H and O–H groups in total. The Morgan fingerprint density at radius 3 is 2.60 bits per heavy atom. The fourth-order valence-corrected chi connectivity index (χ4v) is 2.26. The average Bonchev–Trinajstić information content (AvgIpc) is 2.40. The Bertz CT molecular complexity index is 402. The fourth-order valence-electron chi connectivity index (χ4n) is 2.26. The third-order valence-corrected chi connectivity index (χ3v) is 3.58. The van der Waals surface area contributed by atoms with E-state index < -0.39 is 0 Å². The molecule has 0 radical (unpaired) electrons. The Hall–Kier alpha value is -1.38. The van der Waals surface area contributed by atoms with Crippen molar-refractivity contribution in [2.45, 2.75) is 53.4 Å². The molecular formula is C17H30N2O. The van der Waals surface area contributed by atoms with Crippen LogP contribution in [0.1, 0.15) is 53.4 Å². The van der Waals surface area contributed by atoms with Gasteiger partial charge in [0.1, 0.15) is 5.75 Å². The Morgan fingerprint density at radius 2 is 1.95 bits per heavy atom. The average molecular weight is 278 g/mol. The van der Waals surface area contributed by atoms with Gasteiger partial charge in [0, 0.05) is 6.54 Å². The van der Waals surface area contributed by atoms with E-state index in [2.05, 4.69) is 26.1 Å². The first-order valence-corrected chi connectivity index (χ1v) is 7.75. The minimum atomic E-state index is 0.281. The normalized spacial score (nSPS) is 11.4. The van der Waals surface area contributed by atoms with Crippen molar-refractivity contribution in [3.8, 4) is 5.75 Å². The summed E-state index contributed by atoms with van der Waals surface area (Å²) in [6.45, 7) is 10.4. The van der Waals surface area contributed by atoms with E-state index in [4.69, 9.17) is 10.5 Å². The van der Waals surface area contributed by atoms with Crippen LogP contribution in [0, 0.1) is 5.41 Å². The van der Waals surface area contributed by atoms with Crippen LogP contribution in [-0.4, -0.2) is 13.2 Å². The van der Waals surface area contributed by atoms with E-state index in [0.717, 1.165) is 18.0 Å². The second-order valence-electron chi connectivity index (χ2n) is 6.13. The van der Waals surface area contributed by atoms with Crippen LogP contribution in [0.5, 0.6) is 5.75 Å². The summed E-state index contributed by atoms with van der Waals surface area (Å²) in [5.74, 6) is 0.765. The molecule has 20 heavy (non-hydrogen) atoms. The van der Waals surface area contributed by atoms with Gasteiger partial charge in [-0.1, -0.05) is 46.1 Å². The molecule has 0 aliphatic carbocycles. The van der Waals surface area contributed by atoms with E-state index in [9.17, 15) is 0 Å². The van der Waals surface area contributed by atoms with Gasteiger partial charge < -0.3 is 15.8 Å². The molecule has 0 saturated heterocycles. The predicted octanol–water partition coefficient (Wildman–Crippen LogP) is 4.69. The molecule has 0 aliphatic heterocycles. The molecule has 0 atom stereocenters. The van der Waals surface area contributed by atoms with Gasteiger partial charge in [0.25, 0.3) is 0 Å². The van der Waals surface area contributed by atoms with Crippen LogP contribution in [0.2, 0.25) is 0 Å². The maximum absolute atomic E-state index is 6.13. The number of anilines is 2. The molecule has 0 saturated carbocycles. The Kier molecular flexibility index (Phi) is 6.69. The van der Waals surface area contributed by atoms with Crippen molar-refractivity contribution in [2.75, 3.05) is 24.2 Å². The number of unbranched alkanes of at least 4 members (excludes halogenated alkanes) is 2. The van der Waals surface area contributed by atoms with Crippen molar-refractivity contribution in [3.63, 3.8) is 0 Å². The SMILES string of the molecule is CCCCCC(C)(C)CNc1cccc(OCC)c1N. The first-order valence-electron chi connectivity index (χ1n) is 7.75. The molecule has 0 fully saturated rings. The summed E-state index contributed by atoms with van der Waals surface area (Å²) in [4.78, 5) is 0. The summed E-state index contributed by atoms with van der Waals surface area (Å²) in [5.41, 5.74) is 8.09. The van der Waals surface area contributed by atoms with Crippen molar-refractivity contribution in [3.05, 3.63) is 18.2 Å². The summed E-state index contributed by atoms with van der Waals surface area (Å²) in [5, 5.41) is 3.47. The smallest absolute Gasteiger partial charge is 0.144 e. The van der Waals surface area contributed by atoms with E-state index in [-0.39, 0.29) is 5.41 Å². The molecule has 0 aromatic heterocycles. The zero-order chi connectivity index (χ0) is 15.0. The molecule has 0 aliphatic rings. The number of hydrogen-bond donors (Lipinski definition) is 2. The van der Waals surface area contributed by atoms with Crippen LogP contribution in [0.3, 0.4) is 0 Å². The number of hydrogen-bond acceptors (Lipinski definition) is 3. The van der Waals surface area contributed by atoms with Gasteiger partial charge in [-0.25, -0.2) is 0 Å². The minimum absolute atomic E-state index is 0.281. The minimum Gasteiger partial charge on any atom is -0.492 e. The van der Waals surface area contributed by atoms with E-state index in [1.165, 1.54) is 25.7 Å². The standard InChI is InChI=1S/C17H30N2O/c1-5-7-8-12-17(3,4)13-19-14-10-9-11-15(16(14)18)20-6-2/h9-11,19H,5-8,12-13,18H2,1-4H3. The largest absolute Gasteiger partial charge is 0.492 e. The Labute approximate surface area is 123 Å². The van der Waals surface area contributed by atoms with Crippen LogP contribution in [0.4, 0.5) is 11.4 Å². The number of nitrogens with two attached hydrogens (primary N) is 1. The first kappa shape index (κ1) is 16.7. The molecular weight excluding hydrogens is 248 g/mol. The zero-order valence-corrected chi connectivity index (χ0v) is 13.5. The predicted molar refractivity (Wildman–Crippen MR) is 88.4 cm³/mol. The molecule has 0 amide bonds. The van der Waals surface area contributed by atoms with Crippen molar-refractivity contribution < 1.29 is 4.74 Å².